The lowest BCUT2D eigenvalue weighted by Crippen LogP contribution is -2.29. The average molecular weight is 401 g/mol. The standard InChI is InChI=1S/C20H21ClN4O3/c1-13-11-14(2)25(24-13)18-8-7-17(21)19(23-18)20(26)22-9-10-28-16-6-4-5-15(12-16)27-3/h4-8,11-12H,9-10H2,1-3H3,(H,22,26). The summed E-state index contributed by atoms with van der Waals surface area (Å²) in [4.78, 5) is 16.9. The highest BCUT2D eigenvalue weighted by molar-refractivity contribution is 6.33. The summed E-state index contributed by atoms with van der Waals surface area (Å²) in [5, 5.41) is 7.42. The van der Waals surface area contributed by atoms with Crippen molar-refractivity contribution in [3.8, 4) is 17.3 Å². The molecule has 1 N–H and O–H groups in total. The van der Waals surface area contributed by atoms with Crippen LogP contribution in [0.4, 0.5) is 0 Å². The lowest BCUT2D eigenvalue weighted by molar-refractivity contribution is 0.0942. The van der Waals surface area contributed by atoms with E-state index < -0.39 is 0 Å². The van der Waals surface area contributed by atoms with Crippen molar-refractivity contribution in [2.75, 3.05) is 20.3 Å². The van der Waals surface area contributed by atoms with Crippen molar-refractivity contribution in [1.29, 1.82) is 0 Å². The van der Waals surface area contributed by atoms with Crippen LogP contribution >= 0.6 is 11.6 Å². The topological polar surface area (TPSA) is 78.3 Å². The minimum absolute atomic E-state index is 0.146. The first-order chi connectivity index (χ1) is 13.5. The Hall–Kier alpha value is -3.06. The molecule has 28 heavy (non-hydrogen) atoms. The van der Waals surface area contributed by atoms with Crippen LogP contribution in [0.25, 0.3) is 5.82 Å². The van der Waals surface area contributed by atoms with E-state index in [0.717, 1.165) is 11.4 Å². The van der Waals surface area contributed by atoms with Crippen LogP contribution in [0.3, 0.4) is 0 Å². The van der Waals surface area contributed by atoms with E-state index in [0.29, 0.717) is 30.5 Å². The van der Waals surface area contributed by atoms with E-state index in [1.807, 2.05) is 38.1 Å². The summed E-state index contributed by atoms with van der Waals surface area (Å²) in [6.07, 6.45) is 0. The lowest BCUT2D eigenvalue weighted by Gasteiger charge is -2.10. The largest absolute Gasteiger partial charge is 0.497 e. The molecule has 8 heteroatoms. The van der Waals surface area contributed by atoms with Crippen molar-refractivity contribution in [2.24, 2.45) is 0 Å². The number of halogens is 1. The Morgan fingerprint density at radius 2 is 1.96 bits per heavy atom. The van der Waals surface area contributed by atoms with Gasteiger partial charge in [-0.3, -0.25) is 4.79 Å². The number of carbonyl (C=O) groups excluding carboxylic acids is 1. The van der Waals surface area contributed by atoms with Gasteiger partial charge >= 0.3 is 0 Å². The molecule has 1 aromatic carbocycles. The second-order valence-electron chi connectivity index (χ2n) is 6.12. The number of ether oxygens (including phenoxy) is 2. The van der Waals surface area contributed by atoms with Gasteiger partial charge in [0.05, 0.1) is 24.4 Å². The lowest BCUT2D eigenvalue weighted by atomic mass is 10.3. The summed E-state index contributed by atoms with van der Waals surface area (Å²) in [6.45, 7) is 4.42. The number of hydrogen-bond acceptors (Lipinski definition) is 5. The first kappa shape index (κ1) is 19.7. The number of methoxy groups -OCH3 is 1. The highest BCUT2D eigenvalue weighted by atomic mass is 35.5. The van der Waals surface area contributed by atoms with E-state index >= 15 is 0 Å². The molecule has 7 nitrogen and oxygen atoms in total. The number of nitrogens with zero attached hydrogens (tertiary/aromatic N) is 3. The summed E-state index contributed by atoms with van der Waals surface area (Å²) in [7, 11) is 1.59. The number of hydrogen-bond donors (Lipinski definition) is 1. The van der Waals surface area contributed by atoms with E-state index in [1.54, 1.807) is 30.0 Å². The molecule has 0 spiro atoms. The predicted molar refractivity (Wildman–Crippen MR) is 107 cm³/mol. The predicted octanol–water partition coefficient (Wildman–Crippen LogP) is 3.35. The van der Waals surface area contributed by atoms with Crippen LogP contribution in [-0.4, -0.2) is 40.9 Å². The number of pyridine rings is 1. The van der Waals surface area contributed by atoms with Gasteiger partial charge in [-0.1, -0.05) is 17.7 Å². The zero-order valence-corrected chi connectivity index (χ0v) is 16.7. The van der Waals surface area contributed by atoms with Crippen LogP contribution < -0.4 is 14.8 Å². The fourth-order valence-corrected chi connectivity index (χ4v) is 2.87. The highest BCUT2D eigenvalue weighted by Gasteiger charge is 2.15. The van der Waals surface area contributed by atoms with Crippen molar-refractivity contribution >= 4 is 17.5 Å². The van der Waals surface area contributed by atoms with Crippen molar-refractivity contribution < 1.29 is 14.3 Å². The first-order valence-corrected chi connectivity index (χ1v) is 9.11. The Bertz CT molecular complexity index is 987. The van der Waals surface area contributed by atoms with Crippen molar-refractivity contribution in [3.05, 3.63) is 64.6 Å². The number of aromatic nitrogens is 3. The van der Waals surface area contributed by atoms with Crippen LogP contribution in [0, 0.1) is 13.8 Å². The van der Waals surface area contributed by atoms with Crippen LogP contribution in [-0.2, 0) is 0 Å². The van der Waals surface area contributed by atoms with Crippen LogP contribution in [0.2, 0.25) is 5.02 Å². The maximum Gasteiger partial charge on any atom is 0.271 e. The van der Waals surface area contributed by atoms with E-state index in [2.05, 4.69) is 15.4 Å². The first-order valence-electron chi connectivity index (χ1n) is 8.73. The number of nitrogens with one attached hydrogen (secondary N) is 1. The second-order valence-corrected chi connectivity index (χ2v) is 6.53. The van der Waals surface area contributed by atoms with E-state index in [4.69, 9.17) is 21.1 Å². The van der Waals surface area contributed by atoms with E-state index in [1.165, 1.54) is 0 Å². The third kappa shape index (κ3) is 4.61. The Morgan fingerprint density at radius 1 is 1.18 bits per heavy atom. The SMILES string of the molecule is COc1cccc(OCCNC(=O)c2nc(-n3nc(C)cc3C)ccc2Cl)c1. The maximum absolute atomic E-state index is 12.5. The molecule has 146 valence electrons. The molecule has 0 aliphatic heterocycles. The quantitative estimate of drug-likeness (QED) is 0.615. The molecule has 0 fully saturated rings. The molecular formula is C20H21ClN4O3. The van der Waals surface area contributed by atoms with Gasteiger partial charge in [0, 0.05) is 11.8 Å². The number of amides is 1. The normalized spacial score (nSPS) is 10.6. The maximum atomic E-state index is 12.5. The number of benzene rings is 1. The summed E-state index contributed by atoms with van der Waals surface area (Å²) in [6, 6.07) is 12.6. The zero-order chi connectivity index (χ0) is 20.1. The van der Waals surface area contributed by atoms with Gasteiger partial charge in [-0.05, 0) is 44.2 Å². The Labute approximate surface area is 168 Å². The van der Waals surface area contributed by atoms with Crippen LogP contribution in [0.1, 0.15) is 21.9 Å². The number of carbonyl (C=O) groups is 1. The minimum atomic E-state index is -0.373. The van der Waals surface area contributed by atoms with Gasteiger partial charge in [-0.2, -0.15) is 5.10 Å². The van der Waals surface area contributed by atoms with E-state index in [-0.39, 0.29) is 16.6 Å². The summed E-state index contributed by atoms with van der Waals surface area (Å²) in [5.74, 6) is 1.53. The van der Waals surface area contributed by atoms with Crippen LogP contribution in [0.5, 0.6) is 11.5 Å². The Morgan fingerprint density at radius 3 is 2.68 bits per heavy atom. The minimum Gasteiger partial charge on any atom is -0.497 e. The van der Waals surface area contributed by atoms with Gasteiger partial charge in [0.2, 0.25) is 0 Å². The molecule has 0 unspecified atom stereocenters. The van der Waals surface area contributed by atoms with Crippen molar-refractivity contribution in [2.45, 2.75) is 13.8 Å². The smallest absolute Gasteiger partial charge is 0.271 e. The van der Waals surface area contributed by atoms with Gasteiger partial charge in [0.15, 0.2) is 5.82 Å². The summed E-state index contributed by atoms with van der Waals surface area (Å²) in [5.41, 5.74) is 1.94. The molecule has 2 heterocycles. The van der Waals surface area contributed by atoms with Crippen molar-refractivity contribution in [3.63, 3.8) is 0 Å². The molecule has 0 aliphatic rings. The molecule has 0 atom stereocenters. The van der Waals surface area contributed by atoms with Crippen LogP contribution in [0.15, 0.2) is 42.5 Å². The Balaban J connectivity index is 1.62. The molecule has 1 amide bonds. The fourth-order valence-electron chi connectivity index (χ4n) is 2.68. The molecule has 0 saturated heterocycles. The molecular weight excluding hydrogens is 380 g/mol. The van der Waals surface area contributed by atoms with Crippen molar-refractivity contribution in [1.82, 2.24) is 20.1 Å². The fraction of sp³-hybridized carbons (Fsp3) is 0.250. The second kappa shape index (κ2) is 8.75. The molecule has 3 rings (SSSR count). The third-order valence-corrected chi connectivity index (χ3v) is 4.28. The summed E-state index contributed by atoms with van der Waals surface area (Å²) < 4.78 is 12.4. The number of aryl methyl sites for hydroxylation is 2. The molecule has 3 aromatic rings. The third-order valence-electron chi connectivity index (χ3n) is 3.97. The average Bonchev–Trinajstić information content (AvgIpc) is 3.03. The molecule has 0 aliphatic carbocycles. The summed E-state index contributed by atoms with van der Waals surface area (Å²) >= 11 is 6.17. The van der Waals surface area contributed by atoms with Gasteiger partial charge in [0.25, 0.3) is 5.91 Å². The zero-order valence-electron chi connectivity index (χ0n) is 15.9. The molecule has 0 bridgehead atoms. The van der Waals surface area contributed by atoms with Gasteiger partial charge in [0.1, 0.15) is 23.8 Å². The van der Waals surface area contributed by atoms with Gasteiger partial charge in [-0.25, -0.2) is 9.67 Å². The molecule has 0 saturated carbocycles. The highest BCUT2D eigenvalue weighted by Crippen LogP contribution is 2.19. The Kier molecular flexibility index (Phi) is 6.16. The molecule has 0 radical (unpaired) electrons. The number of rotatable bonds is 7. The molecule has 2 aromatic heterocycles. The van der Waals surface area contributed by atoms with E-state index in [9.17, 15) is 4.79 Å². The van der Waals surface area contributed by atoms with Gasteiger partial charge < -0.3 is 14.8 Å². The van der Waals surface area contributed by atoms with Gasteiger partial charge in [-0.15, -0.1) is 0 Å². The monoisotopic (exact) mass is 400 g/mol.